The summed E-state index contributed by atoms with van der Waals surface area (Å²) < 4.78 is 18.2. The van der Waals surface area contributed by atoms with Gasteiger partial charge in [0.05, 0.1) is 19.1 Å². The van der Waals surface area contributed by atoms with Crippen LogP contribution in [0.4, 0.5) is 4.39 Å². The van der Waals surface area contributed by atoms with Crippen LogP contribution < -0.4 is 10.3 Å². The van der Waals surface area contributed by atoms with Gasteiger partial charge in [0, 0.05) is 11.6 Å². The van der Waals surface area contributed by atoms with Crippen LogP contribution in [0.1, 0.15) is 0 Å². The van der Waals surface area contributed by atoms with Crippen LogP contribution in [-0.4, -0.2) is 17.1 Å². The van der Waals surface area contributed by atoms with Gasteiger partial charge >= 0.3 is 0 Å². The van der Waals surface area contributed by atoms with E-state index in [1.54, 1.807) is 6.07 Å². The van der Waals surface area contributed by atoms with Gasteiger partial charge in [-0.1, -0.05) is 0 Å². The number of halogens is 1. The summed E-state index contributed by atoms with van der Waals surface area (Å²) in [6, 6.07) is 5.72. The van der Waals surface area contributed by atoms with Crippen LogP contribution in [0.2, 0.25) is 0 Å². The van der Waals surface area contributed by atoms with E-state index in [1.165, 1.54) is 31.6 Å². The van der Waals surface area contributed by atoms with E-state index in [9.17, 15) is 9.18 Å². The molecular weight excluding hydrogens is 211 g/mol. The fourth-order valence-electron chi connectivity index (χ4n) is 1.35. The number of ether oxygens (including phenoxy) is 1. The Bertz CT molecular complexity index is 566. The summed E-state index contributed by atoms with van der Waals surface area (Å²) in [5.74, 6) is -0.323. The highest BCUT2D eigenvalue weighted by atomic mass is 19.1. The second-order valence-electron chi connectivity index (χ2n) is 3.15. The quantitative estimate of drug-likeness (QED) is 0.836. The third kappa shape index (κ3) is 1.93. The highest BCUT2D eigenvalue weighted by molar-refractivity contribution is 5.59. The average molecular weight is 220 g/mol. The van der Waals surface area contributed by atoms with Crippen LogP contribution in [0.25, 0.3) is 11.3 Å². The lowest BCUT2D eigenvalue weighted by atomic mass is 10.1. The van der Waals surface area contributed by atoms with Crippen LogP contribution in [-0.2, 0) is 0 Å². The van der Waals surface area contributed by atoms with E-state index >= 15 is 0 Å². The normalized spacial score (nSPS) is 10.1. The van der Waals surface area contributed by atoms with E-state index in [0.717, 1.165) is 0 Å². The zero-order chi connectivity index (χ0) is 11.5. The van der Waals surface area contributed by atoms with Gasteiger partial charge in [-0.05, 0) is 18.2 Å². The van der Waals surface area contributed by atoms with Crippen molar-refractivity contribution >= 4 is 0 Å². The van der Waals surface area contributed by atoms with Crippen molar-refractivity contribution in [1.82, 2.24) is 9.97 Å². The van der Waals surface area contributed by atoms with Crippen molar-refractivity contribution in [3.05, 3.63) is 46.8 Å². The van der Waals surface area contributed by atoms with Crippen molar-refractivity contribution in [2.24, 2.45) is 0 Å². The van der Waals surface area contributed by atoms with Crippen molar-refractivity contribution in [1.29, 1.82) is 0 Å². The molecule has 0 saturated carbocycles. The Hall–Kier alpha value is -2.17. The Labute approximate surface area is 90.7 Å². The van der Waals surface area contributed by atoms with Gasteiger partial charge in [0.25, 0.3) is 5.56 Å². The Morgan fingerprint density at radius 1 is 1.38 bits per heavy atom. The molecule has 1 aromatic heterocycles. The molecule has 2 rings (SSSR count). The molecule has 0 aliphatic heterocycles. The number of methoxy groups -OCH3 is 1. The van der Waals surface area contributed by atoms with E-state index in [1.807, 2.05) is 0 Å². The first-order chi connectivity index (χ1) is 7.70. The van der Waals surface area contributed by atoms with Gasteiger partial charge < -0.3 is 9.72 Å². The molecule has 0 radical (unpaired) electrons. The van der Waals surface area contributed by atoms with Crippen molar-refractivity contribution in [3.63, 3.8) is 0 Å². The number of rotatable bonds is 2. The molecule has 0 saturated heterocycles. The molecule has 0 aliphatic carbocycles. The summed E-state index contributed by atoms with van der Waals surface area (Å²) in [6.45, 7) is 0. The van der Waals surface area contributed by atoms with Gasteiger partial charge in [-0.3, -0.25) is 4.79 Å². The summed E-state index contributed by atoms with van der Waals surface area (Å²) in [4.78, 5) is 17.4. The lowest BCUT2D eigenvalue weighted by Gasteiger charge is -2.04. The molecule has 1 aromatic carbocycles. The smallest absolute Gasteiger partial charge is 0.251 e. The van der Waals surface area contributed by atoms with Gasteiger partial charge in [0.2, 0.25) is 0 Å². The predicted molar refractivity (Wildman–Crippen MR) is 56.8 cm³/mol. The maximum atomic E-state index is 13.4. The van der Waals surface area contributed by atoms with E-state index in [4.69, 9.17) is 4.74 Å². The SMILES string of the molecule is COc1ccc(-c2cc(=O)[nH]cn2)cc1F. The minimum atomic E-state index is -0.484. The van der Waals surface area contributed by atoms with E-state index in [0.29, 0.717) is 11.3 Å². The third-order valence-electron chi connectivity index (χ3n) is 2.13. The number of benzene rings is 1. The first-order valence-corrected chi connectivity index (χ1v) is 4.59. The van der Waals surface area contributed by atoms with E-state index in [-0.39, 0.29) is 11.3 Å². The van der Waals surface area contributed by atoms with Gasteiger partial charge in [-0.25, -0.2) is 9.37 Å². The molecule has 1 N–H and O–H groups in total. The van der Waals surface area contributed by atoms with Crippen molar-refractivity contribution in [3.8, 4) is 17.0 Å². The minimum absolute atomic E-state index is 0.161. The second kappa shape index (κ2) is 4.14. The number of H-pyrrole nitrogens is 1. The van der Waals surface area contributed by atoms with Crippen LogP contribution in [0.15, 0.2) is 35.4 Å². The topological polar surface area (TPSA) is 55.0 Å². The Morgan fingerprint density at radius 3 is 2.81 bits per heavy atom. The number of nitrogens with zero attached hydrogens (tertiary/aromatic N) is 1. The maximum absolute atomic E-state index is 13.4. The van der Waals surface area contributed by atoms with E-state index < -0.39 is 5.82 Å². The molecule has 0 bridgehead atoms. The summed E-state index contributed by atoms with van der Waals surface area (Å²) in [7, 11) is 1.39. The fourth-order valence-corrected chi connectivity index (χ4v) is 1.35. The number of aromatic amines is 1. The first kappa shape index (κ1) is 10.4. The molecule has 0 spiro atoms. The molecule has 5 heteroatoms. The largest absolute Gasteiger partial charge is 0.494 e. The highest BCUT2D eigenvalue weighted by Gasteiger charge is 2.06. The van der Waals surface area contributed by atoms with Crippen molar-refractivity contribution < 1.29 is 9.13 Å². The molecule has 0 amide bonds. The Morgan fingerprint density at radius 2 is 2.19 bits per heavy atom. The lowest BCUT2D eigenvalue weighted by molar-refractivity contribution is 0.386. The first-order valence-electron chi connectivity index (χ1n) is 4.59. The predicted octanol–water partition coefficient (Wildman–Crippen LogP) is 1.58. The summed E-state index contributed by atoms with van der Waals surface area (Å²) in [5.41, 5.74) is 0.677. The zero-order valence-corrected chi connectivity index (χ0v) is 8.53. The number of hydrogen-bond donors (Lipinski definition) is 1. The summed E-state index contributed by atoms with van der Waals surface area (Å²) >= 11 is 0. The Kier molecular flexibility index (Phi) is 2.68. The molecule has 0 fully saturated rings. The van der Waals surface area contributed by atoms with Gasteiger partial charge in [0.15, 0.2) is 11.6 Å². The van der Waals surface area contributed by atoms with Crippen LogP contribution in [0.3, 0.4) is 0 Å². The maximum Gasteiger partial charge on any atom is 0.251 e. The monoisotopic (exact) mass is 220 g/mol. The second-order valence-corrected chi connectivity index (χ2v) is 3.15. The minimum Gasteiger partial charge on any atom is -0.494 e. The number of hydrogen-bond acceptors (Lipinski definition) is 3. The van der Waals surface area contributed by atoms with Crippen LogP contribution in [0, 0.1) is 5.82 Å². The van der Waals surface area contributed by atoms with Crippen LogP contribution >= 0.6 is 0 Å². The Balaban J connectivity index is 2.49. The summed E-state index contributed by atoms with van der Waals surface area (Å²) in [6.07, 6.45) is 1.28. The standard InChI is InChI=1S/C11H9FN2O2/c1-16-10-3-2-7(4-8(10)12)9-5-11(15)14-6-13-9/h2-6H,1H3,(H,13,14,15). The third-order valence-corrected chi connectivity index (χ3v) is 2.13. The molecule has 82 valence electrons. The molecule has 0 aliphatic rings. The molecule has 2 aromatic rings. The molecular formula is C11H9FN2O2. The van der Waals surface area contributed by atoms with Gasteiger partial charge in [-0.15, -0.1) is 0 Å². The average Bonchev–Trinajstić information content (AvgIpc) is 2.29. The molecule has 1 heterocycles. The highest BCUT2D eigenvalue weighted by Crippen LogP contribution is 2.23. The number of nitrogens with one attached hydrogen (secondary N) is 1. The molecule has 0 atom stereocenters. The molecule has 0 unspecified atom stereocenters. The van der Waals surface area contributed by atoms with Gasteiger partial charge in [-0.2, -0.15) is 0 Å². The molecule has 16 heavy (non-hydrogen) atoms. The fraction of sp³-hybridized carbons (Fsp3) is 0.0909. The van der Waals surface area contributed by atoms with Crippen LogP contribution in [0.5, 0.6) is 5.75 Å². The summed E-state index contributed by atoms with van der Waals surface area (Å²) in [5, 5.41) is 0. The van der Waals surface area contributed by atoms with Gasteiger partial charge in [0.1, 0.15) is 0 Å². The van der Waals surface area contributed by atoms with Crippen molar-refractivity contribution in [2.75, 3.05) is 7.11 Å². The molecule has 4 nitrogen and oxygen atoms in total. The van der Waals surface area contributed by atoms with Crippen molar-refractivity contribution in [2.45, 2.75) is 0 Å². The lowest BCUT2D eigenvalue weighted by Crippen LogP contribution is -2.04. The van der Waals surface area contributed by atoms with E-state index in [2.05, 4.69) is 9.97 Å². The zero-order valence-electron chi connectivity index (χ0n) is 8.53. The number of aromatic nitrogens is 2.